The van der Waals surface area contributed by atoms with Gasteiger partial charge >= 0.3 is 5.97 Å². The van der Waals surface area contributed by atoms with Crippen molar-refractivity contribution in [3.05, 3.63) is 95.0 Å². The van der Waals surface area contributed by atoms with Gasteiger partial charge in [-0.25, -0.2) is 4.79 Å². The Morgan fingerprint density at radius 2 is 1.64 bits per heavy atom. The zero-order chi connectivity index (χ0) is 19.8. The Labute approximate surface area is 173 Å². The summed E-state index contributed by atoms with van der Waals surface area (Å²) in [6, 6.07) is 23.0. The first kappa shape index (κ1) is 19.5. The van der Waals surface area contributed by atoms with Gasteiger partial charge in [0.2, 0.25) is 0 Å². The molecule has 3 aromatic carbocycles. The normalized spacial score (nSPS) is 10.5. The lowest BCUT2D eigenvalue weighted by atomic mass is 10.2. The van der Waals surface area contributed by atoms with Crippen LogP contribution < -0.4 is 15.5 Å². The first-order valence-corrected chi connectivity index (χ1v) is 9.12. The van der Waals surface area contributed by atoms with E-state index in [0.717, 1.165) is 11.3 Å². The van der Waals surface area contributed by atoms with Crippen LogP contribution in [0, 0.1) is 0 Å². The second kappa shape index (κ2) is 9.64. The molecule has 5 nitrogen and oxygen atoms in total. The van der Waals surface area contributed by atoms with Crippen LogP contribution >= 0.6 is 23.8 Å². The van der Waals surface area contributed by atoms with Crippen LogP contribution in [-0.4, -0.2) is 17.3 Å². The first-order valence-electron chi connectivity index (χ1n) is 8.33. The van der Waals surface area contributed by atoms with Gasteiger partial charge in [0, 0.05) is 10.7 Å². The van der Waals surface area contributed by atoms with Crippen molar-refractivity contribution in [2.75, 3.05) is 5.32 Å². The zero-order valence-corrected chi connectivity index (χ0v) is 16.2. The number of thiocarbonyl (C=S) groups is 1. The second-order valence-electron chi connectivity index (χ2n) is 5.66. The summed E-state index contributed by atoms with van der Waals surface area (Å²) in [7, 11) is 0. The van der Waals surface area contributed by atoms with Crippen molar-refractivity contribution < 1.29 is 9.53 Å². The van der Waals surface area contributed by atoms with E-state index < -0.39 is 5.97 Å². The van der Waals surface area contributed by atoms with Gasteiger partial charge < -0.3 is 10.1 Å². The Bertz CT molecular complexity index is 975. The van der Waals surface area contributed by atoms with E-state index in [-0.39, 0.29) is 0 Å². The second-order valence-corrected chi connectivity index (χ2v) is 6.50. The van der Waals surface area contributed by atoms with Crippen molar-refractivity contribution in [3.8, 4) is 5.75 Å². The lowest BCUT2D eigenvalue weighted by molar-refractivity contribution is 0.0735. The monoisotopic (exact) mass is 409 g/mol. The fourth-order valence-corrected chi connectivity index (χ4v) is 2.52. The standard InChI is InChI=1S/C21H16ClN3O2S/c22-17-10-8-16(9-11-17)20(26)27-19-12-6-15(7-13-19)14-23-25-21(28)24-18-4-2-1-3-5-18/h1-14H,(H2,24,25,28)/b23-14-. The number of ether oxygens (including phenoxy) is 1. The summed E-state index contributed by atoms with van der Waals surface area (Å²) in [5.41, 5.74) is 4.87. The van der Waals surface area contributed by atoms with Gasteiger partial charge in [-0.05, 0) is 78.4 Å². The highest BCUT2D eigenvalue weighted by Gasteiger charge is 2.08. The molecule has 7 heteroatoms. The SMILES string of the molecule is O=C(Oc1ccc(/C=N\NC(=S)Nc2ccccc2)cc1)c1ccc(Cl)cc1. The quantitative estimate of drug-likeness (QED) is 0.207. The maximum absolute atomic E-state index is 12.1. The topological polar surface area (TPSA) is 62.7 Å². The summed E-state index contributed by atoms with van der Waals surface area (Å²) in [5, 5.41) is 8.05. The Balaban J connectivity index is 1.51. The molecule has 0 aromatic heterocycles. The first-order chi connectivity index (χ1) is 13.6. The molecule has 0 aliphatic heterocycles. The largest absolute Gasteiger partial charge is 0.423 e. The molecular weight excluding hydrogens is 394 g/mol. The molecule has 140 valence electrons. The molecule has 0 saturated heterocycles. The molecular formula is C21H16ClN3O2S. The van der Waals surface area contributed by atoms with E-state index in [2.05, 4.69) is 15.8 Å². The number of nitrogens with one attached hydrogen (secondary N) is 2. The lowest BCUT2D eigenvalue weighted by Crippen LogP contribution is -2.23. The number of carbonyl (C=O) groups excluding carboxylic acids is 1. The summed E-state index contributed by atoms with van der Waals surface area (Å²) < 4.78 is 5.33. The third-order valence-electron chi connectivity index (χ3n) is 3.58. The van der Waals surface area contributed by atoms with Gasteiger partial charge in [0.25, 0.3) is 0 Å². The van der Waals surface area contributed by atoms with E-state index in [1.165, 1.54) is 0 Å². The number of benzene rings is 3. The van der Waals surface area contributed by atoms with E-state index in [1.807, 2.05) is 30.3 Å². The summed E-state index contributed by atoms with van der Waals surface area (Å²) in [5.74, 6) is -0.0107. The maximum atomic E-state index is 12.1. The average Bonchev–Trinajstić information content (AvgIpc) is 2.70. The molecule has 3 aromatic rings. The number of hydrazone groups is 1. The van der Waals surface area contributed by atoms with Crippen molar-refractivity contribution in [2.24, 2.45) is 5.10 Å². The fourth-order valence-electron chi connectivity index (χ4n) is 2.22. The Kier molecular flexibility index (Phi) is 6.73. The van der Waals surface area contributed by atoms with Crippen LogP contribution in [0.3, 0.4) is 0 Å². The van der Waals surface area contributed by atoms with Gasteiger partial charge in [-0.1, -0.05) is 29.8 Å². The predicted molar refractivity (Wildman–Crippen MR) is 116 cm³/mol. The Hall–Kier alpha value is -3.22. The van der Waals surface area contributed by atoms with Gasteiger partial charge in [0.1, 0.15) is 5.75 Å². The van der Waals surface area contributed by atoms with Crippen LogP contribution in [0.1, 0.15) is 15.9 Å². The van der Waals surface area contributed by atoms with Gasteiger partial charge in [-0.2, -0.15) is 5.10 Å². The minimum atomic E-state index is -0.447. The summed E-state index contributed by atoms with van der Waals surface area (Å²) in [6.45, 7) is 0. The van der Waals surface area contributed by atoms with Crippen LogP contribution in [0.2, 0.25) is 5.02 Å². The van der Waals surface area contributed by atoms with Gasteiger partial charge in [-0.15, -0.1) is 0 Å². The molecule has 0 bridgehead atoms. The van der Waals surface area contributed by atoms with Crippen molar-refractivity contribution in [3.63, 3.8) is 0 Å². The molecule has 0 aliphatic carbocycles. The minimum absolute atomic E-state index is 0.385. The highest BCUT2D eigenvalue weighted by atomic mass is 35.5. The van der Waals surface area contributed by atoms with Crippen LogP contribution in [0.25, 0.3) is 0 Å². The van der Waals surface area contributed by atoms with Crippen molar-refractivity contribution >= 4 is 46.8 Å². The average molecular weight is 410 g/mol. The van der Waals surface area contributed by atoms with Gasteiger partial charge in [0.05, 0.1) is 11.8 Å². The molecule has 0 fully saturated rings. The summed E-state index contributed by atoms with van der Waals surface area (Å²) in [6.07, 6.45) is 1.61. The maximum Gasteiger partial charge on any atom is 0.343 e. The number of anilines is 1. The van der Waals surface area contributed by atoms with E-state index in [0.29, 0.717) is 21.4 Å². The number of carbonyl (C=O) groups is 1. The van der Waals surface area contributed by atoms with Crippen LogP contribution in [0.5, 0.6) is 5.75 Å². The number of hydrogen-bond acceptors (Lipinski definition) is 4. The van der Waals surface area contributed by atoms with E-state index in [4.69, 9.17) is 28.6 Å². The number of esters is 1. The summed E-state index contributed by atoms with van der Waals surface area (Å²) in [4.78, 5) is 12.1. The molecule has 0 saturated carbocycles. The van der Waals surface area contributed by atoms with Gasteiger partial charge in [0.15, 0.2) is 5.11 Å². The number of para-hydroxylation sites is 1. The molecule has 0 atom stereocenters. The molecule has 0 radical (unpaired) electrons. The molecule has 0 unspecified atom stereocenters. The molecule has 2 N–H and O–H groups in total. The van der Waals surface area contributed by atoms with Crippen molar-refractivity contribution in [1.82, 2.24) is 5.43 Å². The number of rotatable bonds is 5. The van der Waals surface area contributed by atoms with E-state index in [9.17, 15) is 4.79 Å². The molecule has 3 rings (SSSR count). The highest BCUT2D eigenvalue weighted by Crippen LogP contribution is 2.15. The van der Waals surface area contributed by atoms with E-state index >= 15 is 0 Å². The van der Waals surface area contributed by atoms with E-state index in [1.54, 1.807) is 54.7 Å². The Morgan fingerprint density at radius 3 is 2.32 bits per heavy atom. The van der Waals surface area contributed by atoms with Gasteiger partial charge in [-0.3, -0.25) is 5.43 Å². The third kappa shape index (κ3) is 5.90. The smallest absolute Gasteiger partial charge is 0.343 e. The molecule has 0 amide bonds. The predicted octanol–water partition coefficient (Wildman–Crippen LogP) is 4.88. The third-order valence-corrected chi connectivity index (χ3v) is 4.03. The highest BCUT2D eigenvalue weighted by molar-refractivity contribution is 7.80. The van der Waals surface area contributed by atoms with Crippen LogP contribution in [0.4, 0.5) is 5.69 Å². The number of nitrogens with zero attached hydrogens (tertiary/aromatic N) is 1. The molecule has 28 heavy (non-hydrogen) atoms. The summed E-state index contributed by atoms with van der Waals surface area (Å²) >= 11 is 11.0. The Morgan fingerprint density at radius 1 is 0.964 bits per heavy atom. The molecule has 0 spiro atoms. The van der Waals surface area contributed by atoms with Crippen LogP contribution in [-0.2, 0) is 0 Å². The molecule has 0 aliphatic rings. The molecule has 0 heterocycles. The van der Waals surface area contributed by atoms with Crippen LogP contribution in [0.15, 0.2) is 84.0 Å². The fraction of sp³-hybridized carbons (Fsp3) is 0. The van der Waals surface area contributed by atoms with Crippen molar-refractivity contribution in [1.29, 1.82) is 0 Å². The number of halogens is 1. The minimum Gasteiger partial charge on any atom is -0.423 e. The number of hydrogen-bond donors (Lipinski definition) is 2. The zero-order valence-electron chi connectivity index (χ0n) is 14.6. The van der Waals surface area contributed by atoms with Crippen molar-refractivity contribution in [2.45, 2.75) is 0 Å². The lowest BCUT2D eigenvalue weighted by Gasteiger charge is -2.06.